The molecule has 0 unspecified atom stereocenters. The second kappa shape index (κ2) is 7.95. The van der Waals surface area contributed by atoms with Crippen molar-refractivity contribution in [1.29, 1.82) is 0 Å². The van der Waals surface area contributed by atoms with Gasteiger partial charge in [-0.25, -0.2) is 4.98 Å². The van der Waals surface area contributed by atoms with E-state index in [9.17, 15) is 4.79 Å². The molecular formula is C20H23NO3. The lowest BCUT2D eigenvalue weighted by Gasteiger charge is -2.10. The van der Waals surface area contributed by atoms with Gasteiger partial charge in [-0.05, 0) is 49.3 Å². The number of carboxylic acids is 1. The van der Waals surface area contributed by atoms with Crippen molar-refractivity contribution in [3.8, 4) is 17.0 Å². The van der Waals surface area contributed by atoms with Crippen molar-refractivity contribution in [3.63, 3.8) is 0 Å². The van der Waals surface area contributed by atoms with Crippen molar-refractivity contribution in [1.82, 2.24) is 4.98 Å². The van der Waals surface area contributed by atoms with Gasteiger partial charge in [-0.3, -0.25) is 4.79 Å². The van der Waals surface area contributed by atoms with Crippen molar-refractivity contribution >= 4 is 5.97 Å². The summed E-state index contributed by atoms with van der Waals surface area (Å²) in [5.41, 5.74) is 3.44. The number of aromatic nitrogens is 1. The van der Waals surface area contributed by atoms with Gasteiger partial charge in [0, 0.05) is 24.1 Å². The Morgan fingerprint density at radius 1 is 1.08 bits per heavy atom. The summed E-state index contributed by atoms with van der Waals surface area (Å²) < 4.78 is 5.84. The molecule has 2 aromatic rings. The van der Waals surface area contributed by atoms with Crippen LogP contribution in [0.1, 0.15) is 50.1 Å². The van der Waals surface area contributed by atoms with Crippen LogP contribution in [-0.4, -0.2) is 22.7 Å². The SMILES string of the molecule is O=C(O)CCCCCOc1cc(-c2ccccc2)cc(C2CC2)n1. The number of rotatable bonds is 9. The van der Waals surface area contributed by atoms with Crippen molar-refractivity contribution in [2.24, 2.45) is 0 Å². The third-order valence-electron chi connectivity index (χ3n) is 4.21. The fraction of sp³-hybridized carbons (Fsp3) is 0.400. The molecule has 3 rings (SSSR count). The highest BCUT2D eigenvalue weighted by Crippen LogP contribution is 2.41. The largest absolute Gasteiger partial charge is 0.481 e. The number of carbonyl (C=O) groups is 1. The number of hydrogen-bond acceptors (Lipinski definition) is 3. The van der Waals surface area contributed by atoms with Crippen LogP contribution in [0.15, 0.2) is 42.5 Å². The van der Waals surface area contributed by atoms with Crippen molar-refractivity contribution < 1.29 is 14.6 Å². The maximum absolute atomic E-state index is 10.5. The van der Waals surface area contributed by atoms with Crippen LogP contribution in [0.2, 0.25) is 0 Å². The predicted octanol–water partition coefficient (Wildman–Crippen LogP) is 4.65. The molecule has 4 nitrogen and oxygen atoms in total. The summed E-state index contributed by atoms with van der Waals surface area (Å²) in [5.74, 6) is 0.519. The zero-order valence-corrected chi connectivity index (χ0v) is 13.8. The van der Waals surface area contributed by atoms with Gasteiger partial charge in [0.25, 0.3) is 0 Å². The van der Waals surface area contributed by atoms with Gasteiger partial charge in [0.05, 0.1) is 6.61 Å². The second-order valence-corrected chi connectivity index (χ2v) is 6.31. The fourth-order valence-electron chi connectivity index (χ4n) is 2.72. The van der Waals surface area contributed by atoms with Gasteiger partial charge in [-0.2, -0.15) is 0 Å². The summed E-state index contributed by atoms with van der Waals surface area (Å²) in [5, 5.41) is 8.63. The van der Waals surface area contributed by atoms with E-state index in [4.69, 9.17) is 9.84 Å². The summed E-state index contributed by atoms with van der Waals surface area (Å²) in [6.07, 6.45) is 5.06. The van der Waals surface area contributed by atoms with Gasteiger partial charge in [-0.1, -0.05) is 30.3 Å². The summed E-state index contributed by atoms with van der Waals surface area (Å²) >= 11 is 0. The van der Waals surface area contributed by atoms with Gasteiger partial charge in [-0.15, -0.1) is 0 Å². The summed E-state index contributed by atoms with van der Waals surface area (Å²) in [6.45, 7) is 0.578. The first kappa shape index (κ1) is 16.5. The van der Waals surface area contributed by atoms with Crippen molar-refractivity contribution in [2.75, 3.05) is 6.61 Å². The van der Waals surface area contributed by atoms with Gasteiger partial charge >= 0.3 is 5.97 Å². The average molecular weight is 325 g/mol. The number of carboxylic acid groups (broad SMARTS) is 1. The standard InChI is InChI=1S/C20H23NO3/c22-20(23)9-5-2-6-12-24-19-14-17(15-7-3-1-4-8-15)13-18(21-19)16-10-11-16/h1,3-4,7-8,13-14,16H,2,5-6,9-12H2,(H,22,23). The zero-order valence-electron chi connectivity index (χ0n) is 13.8. The minimum Gasteiger partial charge on any atom is -0.481 e. The van der Waals surface area contributed by atoms with Crippen molar-refractivity contribution in [2.45, 2.75) is 44.4 Å². The molecule has 0 spiro atoms. The predicted molar refractivity (Wildman–Crippen MR) is 93.2 cm³/mol. The number of aliphatic carboxylic acids is 1. The highest BCUT2D eigenvalue weighted by atomic mass is 16.5. The zero-order chi connectivity index (χ0) is 16.8. The minimum absolute atomic E-state index is 0.230. The Hall–Kier alpha value is -2.36. The molecule has 1 aromatic heterocycles. The van der Waals surface area contributed by atoms with Crippen LogP contribution in [-0.2, 0) is 4.79 Å². The molecule has 1 N–H and O–H groups in total. The number of pyridine rings is 1. The molecule has 0 bridgehead atoms. The number of unbranched alkanes of at least 4 members (excludes halogenated alkanes) is 2. The molecule has 126 valence electrons. The molecule has 0 aliphatic heterocycles. The highest BCUT2D eigenvalue weighted by molar-refractivity contribution is 5.66. The summed E-state index contributed by atoms with van der Waals surface area (Å²) in [7, 11) is 0. The van der Waals surface area contributed by atoms with E-state index >= 15 is 0 Å². The first-order valence-electron chi connectivity index (χ1n) is 8.64. The average Bonchev–Trinajstić information content (AvgIpc) is 3.43. The lowest BCUT2D eigenvalue weighted by Crippen LogP contribution is -2.02. The molecule has 0 atom stereocenters. The van der Waals surface area contributed by atoms with E-state index in [0.29, 0.717) is 24.8 Å². The normalized spacial score (nSPS) is 13.7. The summed E-state index contributed by atoms with van der Waals surface area (Å²) in [6, 6.07) is 14.5. The van der Waals surface area contributed by atoms with Crippen LogP contribution >= 0.6 is 0 Å². The topological polar surface area (TPSA) is 59.4 Å². The van der Waals surface area contributed by atoms with E-state index in [1.807, 2.05) is 24.3 Å². The molecular weight excluding hydrogens is 302 g/mol. The van der Waals surface area contributed by atoms with Gasteiger partial charge in [0.2, 0.25) is 5.88 Å². The monoisotopic (exact) mass is 325 g/mol. The van der Waals surface area contributed by atoms with Crippen LogP contribution in [0.25, 0.3) is 11.1 Å². The Kier molecular flexibility index (Phi) is 5.47. The lowest BCUT2D eigenvalue weighted by molar-refractivity contribution is -0.137. The molecule has 0 saturated heterocycles. The smallest absolute Gasteiger partial charge is 0.303 e. The molecule has 1 fully saturated rings. The number of hydrogen-bond donors (Lipinski definition) is 1. The molecule has 1 heterocycles. The Bertz CT molecular complexity index is 681. The molecule has 1 aliphatic rings. The number of ether oxygens (including phenoxy) is 1. The quantitative estimate of drug-likeness (QED) is 0.682. The van der Waals surface area contributed by atoms with Crippen LogP contribution in [0.4, 0.5) is 0 Å². The molecule has 0 radical (unpaired) electrons. The first-order chi connectivity index (χ1) is 11.7. The van der Waals surface area contributed by atoms with E-state index in [1.165, 1.54) is 18.4 Å². The van der Waals surface area contributed by atoms with E-state index in [1.54, 1.807) is 0 Å². The van der Waals surface area contributed by atoms with Crippen molar-refractivity contribution in [3.05, 3.63) is 48.2 Å². The second-order valence-electron chi connectivity index (χ2n) is 6.31. The third-order valence-corrected chi connectivity index (χ3v) is 4.21. The molecule has 1 aromatic carbocycles. The van der Waals surface area contributed by atoms with Crippen LogP contribution in [0, 0.1) is 0 Å². The Morgan fingerprint density at radius 2 is 1.88 bits per heavy atom. The van der Waals surface area contributed by atoms with Gasteiger partial charge in [0.15, 0.2) is 0 Å². The van der Waals surface area contributed by atoms with E-state index in [0.717, 1.165) is 24.1 Å². The van der Waals surface area contributed by atoms with E-state index in [2.05, 4.69) is 23.2 Å². The molecule has 0 amide bonds. The first-order valence-corrected chi connectivity index (χ1v) is 8.64. The number of nitrogens with zero attached hydrogens (tertiary/aromatic N) is 1. The number of benzene rings is 1. The van der Waals surface area contributed by atoms with E-state index < -0.39 is 5.97 Å². The third kappa shape index (κ3) is 4.82. The Labute approximate surface area is 142 Å². The van der Waals surface area contributed by atoms with Crippen LogP contribution in [0.5, 0.6) is 5.88 Å². The molecule has 24 heavy (non-hydrogen) atoms. The van der Waals surface area contributed by atoms with Gasteiger partial charge < -0.3 is 9.84 Å². The molecule has 1 saturated carbocycles. The molecule has 4 heteroatoms. The van der Waals surface area contributed by atoms with E-state index in [-0.39, 0.29) is 6.42 Å². The maximum Gasteiger partial charge on any atom is 0.303 e. The highest BCUT2D eigenvalue weighted by Gasteiger charge is 2.26. The Balaban J connectivity index is 1.62. The van der Waals surface area contributed by atoms with Gasteiger partial charge in [0.1, 0.15) is 0 Å². The Morgan fingerprint density at radius 3 is 2.58 bits per heavy atom. The minimum atomic E-state index is -0.734. The maximum atomic E-state index is 10.5. The summed E-state index contributed by atoms with van der Waals surface area (Å²) in [4.78, 5) is 15.1. The van der Waals surface area contributed by atoms with Crippen LogP contribution < -0.4 is 4.74 Å². The molecule has 1 aliphatic carbocycles. The lowest BCUT2D eigenvalue weighted by atomic mass is 10.1. The van der Waals surface area contributed by atoms with Crippen LogP contribution in [0.3, 0.4) is 0 Å². The fourth-order valence-corrected chi connectivity index (χ4v) is 2.72.